The summed E-state index contributed by atoms with van der Waals surface area (Å²) < 4.78 is 3.74. The molecule has 0 aliphatic carbocycles. The van der Waals surface area contributed by atoms with Crippen molar-refractivity contribution in [2.45, 2.75) is 20.4 Å². The van der Waals surface area contributed by atoms with Crippen molar-refractivity contribution in [2.75, 3.05) is 5.32 Å². The molecule has 6 nitrogen and oxygen atoms in total. The second kappa shape index (κ2) is 6.85. The number of amides is 1. The number of aromatic nitrogens is 3. The summed E-state index contributed by atoms with van der Waals surface area (Å²) in [5.74, 6) is 0.509. The van der Waals surface area contributed by atoms with E-state index >= 15 is 0 Å². The van der Waals surface area contributed by atoms with Gasteiger partial charge in [-0.2, -0.15) is 15.9 Å². The molecule has 0 saturated heterocycles. The van der Waals surface area contributed by atoms with Crippen LogP contribution in [0.1, 0.15) is 11.1 Å². The first-order chi connectivity index (χ1) is 13.0. The number of carbonyl (C=O) groups excluding carboxylic acids is 1. The van der Waals surface area contributed by atoms with Crippen LogP contribution in [0.4, 0.5) is 11.5 Å². The first-order valence-electron chi connectivity index (χ1n) is 8.58. The minimum atomic E-state index is -0.386. The van der Waals surface area contributed by atoms with Crippen molar-refractivity contribution in [3.8, 4) is 11.3 Å². The number of fused-ring (bicyclic) bond motifs is 1. The summed E-state index contributed by atoms with van der Waals surface area (Å²) in [5.41, 5.74) is 11.4. The largest absolute Gasteiger partial charge is 0.364 e. The molecule has 0 aliphatic heterocycles. The minimum Gasteiger partial charge on any atom is -0.364 e. The molecule has 27 heavy (non-hydrogen) atoms. The van der Waals surface area contributed by atoms with Crippen molar-refractivity contribution in [2.24, 2.45) is 5.73 Å². The molecule has 3 heterocycles. The average molecular weight is 378 g/mol. The third kappa shape index (κ3) is 3.29. The number of nitrogens with two attached hydrogens (primary N) is 1. The van der Waals surface area contributed by atoms with Crippen LogP contribution in [0.25, 0.3) is 16.9 Å². The zero-order valence-corrected chi connectivity index (χ0v) is 16.0. The number of carbonyl (C=O) groups is 1. The molecule has 0 radical (unpaired) electrons. The molecule has 0 aliphatic rings. The molecule has 3 N–H and O–H groups in total. The molecule has 0 saturated carbocycles. The highest BCUT2D eigenvalue weighted by molar-refractivity contribution is 7.08. The van der Waals surface area contributed by atoms with Crippen LogP contribution < -0.4 is 15.6 Å². The standard InChI is InChI=1S/C20H19N5OS/c1-13-4-3-5-14(2)18(13)23-20-19(15-6-9-27-12-15)22-17-11-24(10-16(21)26)7-8-25(17)20/h3-9,11-12H,10H2,1-2H3,(H2,21,26)/p+1. The van der Waals surface area contributed by atoms with Gasteiger partial charge < -0.3 is 11.1 Å². The number of nitrogens with one attached hydrogen (secondary N) is 1. The van der Waals surface area contributed by atoms with Crippen LogP contribution in [0.5, 0.6) is 0 Å². The van der Waals surface area contributed by atoms with E-state index in [0.29, 0.717) is 0 Å². The van der Waals surface area contributed by atoms with Gasteiger partial charge in [0.25, 0.3) is 5.91 Å². The van der Waals surface area contributed by atoms with Crippen molar-refractivity contribution in [1.82, 2.24) is 9.38 Å². The molecule has 136 valence electrons. The second-order valence-electron chi connectivity index (χ2n) is 6.51. The lowest BCUT2D eigenvalue weighted by atomic mass is 10.1. The zero-order chi connectivity index (χ0) is 19.0. The Morgan fingerprint density at radius 1 is 1.30 bits per heavy atom. The van der Waals surface area contributed by atoms with Crippen LogP contribution >= 0.6 is 11.3 Å². The molecule has 0 atom stereocenters. The number of nitrogens with zero attached hydrogens (tertiary/aromatic N) is 3. The molecule has 0 fully saturated rings. The Kier molecular flexibility index (Phi) is 4.37. The van der Waals surface area contributed by atoms with E-state index in [1.165, 1.54) is 11.1 Å². The van der Waals surface area contributed by atoms with Crippen LogP contribution in [0.2, 0.25) is 0 Å². The summed E-state index contributed by atoms with van der Waals surface area (Å²) in [7, 11) is 0. The summed E-state index contributed by atoms with van der Waals surface area (Å²) in [4.78, 5) is 16.1. The van der Waals surface area contributed by atoms with Crippen molar-refractivity contribution < 1.29 is 9.36 Å². The molecule has 3 aromatic heterocycles. The summed E-state index contributed by atoms with van der Waals surface area (Å²) in [5, 5.41) is 7.70. The van der Waals surface area contributed by atoms with Gasteiger partial charge in [0, 0.05) is 16.6 Å². The number of primary amides is 1. The number of thiophene rings is 1. The van der Waals surface area contributed by atoms with Crippen LogP contribution in [-0.4, -0.2) is 15.3 Å². The molecule has 0 bridgehead atoms. The number of benzene rings is 1. The van der Waals surface area contributed by atoms with Gasteiger partial charge in [0.1, 0.15) is 11.5 Å². The minimum absolute atomic E-state index is 0.122. The van der Waals surface area contributed by atoms with E-state index in [1.54, 1.807) is 15.9 Å². The number of para-hydroxylation sites is 1. The smallest absolute Gasteiger partial charge is 0.283 e. The Bertz CT molecular complexity index is 1110. The maximum absolute atomic E-state index is 11.2. The number of hydrogen-bond acceptors (Lipinski definition) is 4. The number of imidazole rings is 1. The predicted molar refractivity (Wildman–Crippen MR) is 107 cm³/mol. The first-order valence-corrected chi connectivity index (χ1v) is 9.52. The molecule has 1 amide bonds. The van der Waals surface area contributed by atoms with Crippen molar-refractivity contribution in [1.29, 1.82) is 0 Å². The fourth-order valence-electron chi connectivity index (χ4n) is 3.16. The lowest BCUT2D eigenvalue weighted by molar-refractivity contribution is -0.683. The van der Waals surface area contributed by atoms with Crippen molar-refractivity contribution in [3.05, 3.63) is 64.7 Å². The van der Waals surface area contributed by atoms with Gasteiger partial charge in [0.05, 0.1) is 6.20 Å². The highest BCUT2D eigenvalue weighted by atomic mass is 32.1. The Morgan fingerprint density at radius 3 is 2.74 bits per heavy atom. The van der Waals surface area contributed by atoms with Crippen LogP contribution in [0, 0.1) is 13.8 Å². The first kappa shape index (κ1) is 17.2. The molecular formula is C20H20N5OS+. The van der Waals surface area contributed by atoms with Gasteiger partial charge in [-0.15, -0.1) is 0 Å². The molecule has 7 heteroatoms. The maximum atomic E-state index is 11.2. The van der Waals surface area contributed by atoms with Gasteiger partial charge in [-0.1, -0.05) is 18.2 Å². The van der Waals surface area contributed by atoms with Gasteiger partial charge in [-0.3, -0.25) is 9.20 Å². The van der Waals surface area contributed by atoms with Gasteiger partial charge >= 0.3 is 0 Å². The zero-order valence-electron chi connectivity index (χ0n) is 15.1. The SMILES string of the molecule is Cc1cccc(C)c1Nc1c(-c2ccsc2)nc2c[n+](CC(N)=O)ccn12. The second-order valence-corrected chi connectivity index (χ2v) is 7.29. The highest BCUT2D eigenvalue weighted by Gasteiger charge is 2.19. The van der Waals surface area contributed by atoms with Gasteiger partial charge in [-0.25, -0.2) is 4.98 Å². The number of rotatable bonds is 5. The van der Waals surface area contributed by atoms with E-state index in [9.17, 15) is 4.79 Å². The van der Waals surface area contributed by atoms with E-state index in [4.69, 9.17) is 10.7 Å². The van der Waals surface area contributed by atoms with Crippen LogP contribution in [0.3, 0.4) is 0 Å². The fraction of sp³-hybridized carbons (Fsp3) is 0.150. The van der Waals surface area contributed by atoms with E-state index in [0.717, 1.165) is 28.4 Å². The normalized spacial score (nSPS) is 11.0. The summed E-state index contributed by atoms with van der Waals surface area (Å²) in [6.07, 6.45) is 5.56. The van der Waals surface area contributed by atoms with Gasteiger partial charge in [0.15, 0.2) is 6.20 Å². The monoisotopic (exact) mass is 378 g/mol. The fourth-order valence-corrected chi connectivity index (χ4v) is 3.80. The quantitative estimate of drug-likeness (QED) is 0.524. The molecule has 4 rings (SSSR count). The van der Waals surface area contributed by atoms with Gasteiger partial charge in [-0.05, 0) is 36.4 Å². The lowest BCUT2D eigenvalue weighted by Crippen LogP contribution is -2.40. The van der Waals surface area contributed by atoms with E-state index in [-0.39, 0.29) is 12.5 Å². The van der Waals surface area contributed by atoms with E-state index in [2.05, 4.69) is 48.8 Å². The number of hydrogen-bond donors (Lipinski definition) is 2. The van der Waals surface area contributed by atoms with E-state index in [1.807, 2.05) is 28.4 Å². The van der Waals surface area contributed by atoms with Crippen molar-refractivity contribution >= 4 is 34.4 Å². The molecule has 0 spiro atoms. The molecule has 0 unspecified atom stereocenters. The van der Waals surface area contributed by atoms with Crippen LogP contribution in [-0.2, 0) is 11.3 Å². The molecular weight excluding hydrogens is 358 g/mol. The maximum Gasteiger partial charge on any atom is 0.283 e. The summed E-state index contributed by atoms with van der Waals surface area (Å²) >= 11 is 1.63. The van der Waals surface area contributed by atoms with Crippen molar-refractivity contribution in [3.63, 3.8) is 0 Å². The molecule has 4 aromatic rings. The predicted octanol–water partition coefficient (Wildman–Crippen LogP) is 3.20. The van der Waals surface area contributed by atoms with Crippen LogP contribution in [0.15, 0.2) is 53.6 Å². The highest BCUT2D eigenvalue weighted by Crippen LogP contribution is 2.33. The molecule has 1 aromatic carbocycles. The lowest BCUT2D eigenvalue weighted by Gasteiger charge is -2.13. The third-order valence-electron chi connectivity index (χ3n) is 4.48. The van der Waals surface area contributed by atoms with E-state index < -0.39 is 0 Å². The Hall–Kier alpha value is -3.19. The summed E-state index contributed by atoms with van der Waals surface area (Å²) in [6, 6.07) is 8.28. The third-order valence-corrected chi connectivity index (χ3v) is 5.17. The number of anilines is 2. The Labute approximate surface area is 160 Å². The average Bonchev–Trinajstić information content (AvgIpc) is 3.25. The Balaban J connectivity index is 1.89. The van der Waals surface area contributed by atoms with Gasteiger partial charge in [0.2, 0.25) is 18.4 Å². The topological polar surface area (TPSA) is 76.3 Å². The summed E-state index contributed by atoms with van der Waals surface area (Å²) in [6.45, 7) is 4.30. The number of aryl methyl sites for hydroxylation is 2. The Morgan fingerprint density at radius 2 is 2.07 bits per heavy atom.